The summed E-state index contributed by atoms with van der Waals surface area (Å²) < 4.78 is 9.67. The third kappa shape index (κ3) is 2.09. The van der Waals surface area contributed by atoms with E-state index in [1.165, 1.54) is 20.3 Å². The third-order valence-electron chi connectivity index (χ3n) is 1.60. The summed E-state index contributed by atoms with van der Waals surface area (Å²) in [7, 11) is 1.09. The normalized spacial score (nSPS) is 9.79. The molecule has 0 bridgehead atoms. The zero-order chi connectivity index (χ0) is 10.7. The van der Waals surface area contributed by atoms with E-state index in [9.17, 15) is 0 Å². The predicted molar refractivity (Wildman–Crippen MR) is 52.2 cm³/mol. The van der Waals surface area contributed by atoms with Crippen molar-refractivity contribution in [2.24, 2.45) is 0 Å². The van der Waals surface area contributed by atoms with Gasteiger partial charge < -0.3 is 19.5 Å². The van der Waals surface area contributed by atoms with Gasteiger partial charge in [-0.3, -0.25) is 0 Å². The fourth-order valence-electron chi connectivity index (χ4n) is 0.962. The summed E-state index contributed by atoms with van der Waals surface area (Å²) in [5, 5.41) is 18.1. The molecule has 0 aliphatic rings. The molecule has 2 N–H and O–H groups in total. The van der Waals surface area contributed by atoms with Gasteiger partial charge in [-0.25, -0.2) is 0 Å². The SMILES string of the molecule is COc1nc(OC)c(B(O)O)cc1Cl. The minimum atomic E-state index is -1.68. The summed E-state index contributed by atoms with van der Waals surface area (Å²) in [6.45, 7) is 0. The molecule has 5 nitrogen and oxygen atoms in total. The van der Waals surface area contributed by atoms with E-state index >= 15 is 0 Å². The van der Waals surface area contributed by atoms with Crippen molar-refractivity contribution >= 4 is 24.2 Å². The molecule has 76 valence electrons. The summed E-state index contributed by atoms with van der Waals surface area (Å²) in [6.07, 6.45) is 0. The number of methoxy groups -OCH3 is 2. The molecule has 1 rings (SSSR count). The Morgan fingerprint density at radius 3 is 2.29 bits per heavy atom. The molecule has 1 heterocycles. The molecule has 14 heavy (non-hydrogen) atoms. The quantitative estimate of drug-likeness (QED) is 0.664. The lowest BCUT2D eigenvalue weighted by atomic mass is 9.81. The molecule has 0 unspecified atom stereocenters. The topological polar surface area (TPSA) is 71.8 Å². The van der Waals surface area contributed by atoms with Crippen molar-refractivity contribution in [3.63, 3.8) is 0 Å². The lowest BCUT2D eigenvalue weighted by molar-refractivity contribution is 0.363. The maximum atomic E-state index is 8.96. The van der Waals surface area contributed by atoms with Gasteiger partial charge in [-0.15, -0.1) is 0 Å². The largest absolute Gasteiger partial charge is 0.494 e. The Balaban J connectivity index is 3.24. The average molecular weight is 217 g/mol. The van der Waals surface area contributed by atoms with Gasteiger partial charge in [0.2, 0.25) is 11.8 Å². The van der Waals surface area contributed by atoms with E-state index in [0.717, 1.165) is 0 Å². The van der Waals surface area contributed by atoms with E-state index in [0.29, 0.717) is 0 Å². The van der Waals surface area contributed by atoms with Crippen molar-refractivity contribution < 1.29 is 19.5 Å². The van der Waals surface area contributed by atoms with E-state index in [4.69, 9.17) is 31.1 Å². The van der Waals surface area contributed by atoms with Crippen molar-refractivity contribution in [2.75, 3.05) is 14.2 Å². The first kappa shape index (κ1) is 11.1. The fraction of sp³-hybridized carbons (Fsp3) is 0.286. The van der Waals surface area contributed by atoms with Gasteiger partial charge in [0.05, 0.1) is 14.2 Å². The Morgan fingerprint density at radius 1 is 1.29 bits per heavy atom. The molecule has 0 spiro atoms. The number of rotatable bonds is 3. The minimum Gasteiger partial charge on any atom is -0.481 e. The van der Waals surface area contributed by atoms with Gasteiger partial charge >= 0.3 is 7.12 Å². The molecular formula is C7H9BClNO4. The van der Waals surface area contributed by atoms with Gasteiger partial charge in [-0.1, -0.05) is 11.6 Å². The smallest absolute Gasteiger partial charge is 0.481 e. The first-order valence-electron chi connectivity index (χ1n) is 3.74. The molecule has 7 heteroatoms. The molecule has 0 radical (unpaired) electrons. The summed E-state index contributed by atoms with van der Waals surface area (Å²) >= 11 is 5.74. The molecule has 0 aromatic carbocycles. The molecule has 0 aliphatic carbocycles. The zero-order valence-corrected chi connectivity index (χ0v) is 8.45. The zero-order valence-electron chi connectivity index (χ0n) is 7.69. The van der Waals surface area contributed by atoms with Crippen LogP contribution in [0.4, 0.5) is 0 Å². The first-order chi connectivity index (χ1) is 6.60. The number of pyridine rings is 1. The van der Waals surface area contributed by atoms with Crippen molar-refractivity contribution in [3.8, 4) is 11.8 Å². The van der Waals surface area contributed by atoms with Crippen LogP contribution in [0.25, 0.3) is 0 Å². The van der Waals surface area contributed by atoms with E-state index < -0.39 is 7.12 Å². The van der Waals surface area contributed by atoms with Gasteiger partial charge in [-0.2, -0.15) is 4.98 Å². The van der Waals surface area contributed by atoms with Crippen molar-refractivity contribution in [1.82, 2.24) is 4.98 Å². The van der Waals surface area contributed by atoms with E-state index in [1.807, 2.05) is 0 Å². The Labute approximate surface area is 86.4 Å². The molecule has 1 aromatic heterocycles. The molecule has 0 saturated carbocycles. The van der Waals surface area contributed by atoms with Gasteiger partial charge in [0, 0.05) is 5.46 Å². The monoisotopic (exact) mass is 217 g/mol. The molecule has 0 aliphatic heterocycles. The van der Waals surface area contributed by atoms with Crippen LogP contribution in [0, 0.1) is 0 Å². The van der Waals surface area contributed by atoms with Gasteiger partial charge in [0.25, 0.3) is 0 Å². The number of hydrogen-bond acceptors (Lipinski definition) is 5. The number of hydrogen-bond donors (Lipinski definition) is 2. The number of aromatic nitrogens is 1. The predicted octanol–water partition coefficient (Wildman–Crippen LogP) is -0.568. The van der Waals surface area contributed by atoms with E-state index in [1.54, 1.807) is 0 Å². The Hall–Kier alpha value is -0.975. The maximum absolute atomic E-state index is 8.96. The van der Waals surface area contributed by atoms with Crippen LogP contribution in [0.2, 0.25) is 5.02 Å². The number of nitrogens with zero attached hydrogens (tertiary/aromatic N) is 1. The Kier molecular flexibility index (Phi) is 3.57. The fourth-order valence-corrected chi connectivity index (χ4v) is 1.20. The average Bonchev–Trinajstić information content (AvgIpc) is 2.17. The molecule has 0 fully saturated rings. The maximum Gasteiger partial charge on any atom is 0.494 e. The second kappa shape index (κ2) is 4.50. The van der Waals surface area contributed by atoms with Crippen LogP contribution in [0.1, 0.15) is 0 Å². The Bertz CT molecular complexity index is 334. The Morgan fingerprint density at radius 2 is 1.86 bits per heavy atom. The highest BCUT2D eigenvalue weighted by atomic mass is 35.5. The van der Waals surface area contributed by atoms with Crippen molar-refractivity contribution in [1.29, 1.82) is 0 Å². The summed E-state index contributed by atoms with van der Waals surface area (Å²) in [5.74, 6) is 0.245. The highest BCUT2D eigenvalue weighted by molar-refractivity contribution is 6.60. The second-order valence-corrected chi connectivity index (χ2v) is 2.86. The standard InChI is InChI=1S/C7H9BClNO4/c1-13-6-4(8(11)12)3-5(9)7(10-6)14-2/h3,11-12H,1-2H3. The van der Waals surface area contributed by atoms with E-state index in [2.05, 4.69) is 4.98 Å². The number of ether oxygens (including phenoxy) is 2. The lowest BCUT2D eigenvalue weighted by Crippen LogP contribution is -2.32. The van der Waals surface area contributed by atoms with Crippen molar-refractivity contribution in [3.05, 3.63) is 11.1 Å². The van der Waals surface area contributed by atoms with E-state index in [-0.39, 0.29) is 22.2 Å². The van der Waals surface area contributed by atoms with Crippen LogP contribution >= 0.6 is 11.6 Å². The van der Waals surface area contributed by atoms with Crippen LogP contribution < -0.4 is 14.9 Å². The van der Waals surface area contributed by atoms with Crippen LogP contribution in [0.15, 0.2) is 6.07 Å². The second-order valence-electron chi connectivity index (χ2n) is 2.45. The minimum absolute atomic E-state index is 0.0706. The number of halogens is 1. The van der Waals surface area contributed by atoms with Gasteiger partial charge in [0.1, 0.15) is 5.02 Å². The summed E-state index contributed by atoms with van der Waals surface area (Å²) in [5.41, 5.74) is 0.0956. The molecule has 0 amide bonds. The van der Waals surface area contributed by atoms with Crippen LogP contribution in [-0.2, 0) is 0 Å². The van der Waals surface area contributed by atoms with Crippen LogP contribution in [0.3, 0.4) is 0 Å². The third-order valence-corrected chi connectivity index (χ3v) is 1.87. The molecular weight excluding hydrogens is 208 g/mol. The molecule has 0 saturated heterocycles. The molecule has 0 atom stereocenters. The van der Waals surface area contributed by atoms with Crippen LogP contribution in [-0.4, -0.2) is 36.4 Å². The highest BCUT2D eigenvalue weighted by Crippen LogP contribution is 2.22. The van der Waals surface area contributed by atoms with Gasteiger partial charge in [-0.05, 0) is 6.07 Å². The first-order valence-corrected chi connectivity index (χ1v) is 4.12. The van der Waals surface area contributed by atoms with Gasteiger partial charge in [0.15, 0.2) is 0 Å². The lowest BCUT2D eigenvalue weighted by Gasteiger charge is -2.09. The van der Waals surface area contributed by atoms with Crippen molar-refractivity contribution in [2.45, 2.75) is 0 Å². The summed E-state index contributed by atoms with van der Waals surface area (Å²) in [6, 6.07) is 1.33. The van der Waals surface area contributed by atoms with Crippen LogP contribution in [0.5, 0.6) is 11.8 Å². The molecule has 1 aromatic rings. The summed E-state index contributed by atoms with van der Waals surface area (Å²) in [4.78, 5) is 3.83. The highest BCUT2D eigenvalue weighted by Gasteiger charge is 2.21.